The molecule has 0 aliphatic heterocycles. The van der Waals surface area contributed by atoms with Crippen LogP contribution in [0.2, 0.25) is 0 Å². The minimum atomic E-state index is -4.48. The van der Waals surface area contributed by atoms with Crippen molar-refractivity contribution >= 4 is 0 Å². The van der Waals surface area contributed by atoms with Gasteiger partial charge in [0.05, 0.1) is 5.56 Å². The van der Waals surface area contributed by atoms with Crippen LogP contribution in [0.1, 0.15) is 17.0 Å². The van der Waals surface area contributed by atoms with Crippen molar-refractivity contribution in [3.05, 3.63) is 47.5 Å². The third-order valence-corrected chi connectivity index (χ3v) is 2.86. The summed E-state index contributed by atoms with van der Waals surface area (Å²) in [5.74, 6) is 0.318. The fourth-order valence-electron chi connectivity index (χ4n) is 1.73. The van der Waals surface area contributed by atoms with Gasteiger partial charge in [0.15, 0.2) is 0 Å². The number of ether oxygens (including phenoxy) is 1. The highest BCUT2D eigenvalue weighted by atomic mass is 19.4. The fourth-order valence-corrected chi connectivity index (χ4v) is 1.73. The molecule has 1 aromatic heterocycles. The van der Waals surface area contributed by atoms with E-state index < -0.39 is 11.7 Å². The molecule has 0 unspecified atom stereocenters. The molecule has 2 aromatic rings. The average molecular weight is 285 g/mol. The molecule has 108 valence electrons. The van der Waals surface area contributed by atoms with Crippen LogP contribution in [0.25, 0.3) is 0 Å². The lowest BCUT2D eigenvalue weighted by Crippen LogP contribution is -2.11. The molecule has 0 spiro atoms. The van der Waals surface area contributed by atoms with Crippen LogP contribution in [0.5, 0.6) is 5.75 Å². The van der Waals surface area contributed by atoms with Crippen molar-refractivity contribution in [1.29, 1.82) is 0 Å². The monoisotopic (exact) mass is 285 g/mol. The topological polar surface area (TPSA) is 53.1 Å². The van der Waals surface area contributed by atoms with Crippen LogP contribution in [0.3, 0.4) is 0 Å². The second kappa shape index (κ2) is 5.54. The maximum atomic E-state index is 13.0. The first-order valence-corrected chi connectivity index (χ1v) is 5.91. The summed E-state index contributed by atoms with van der Waals surface area (Å²) in [7, 11) is 1.74. The number of nitrogens with two attached hydrogens (primary N) is 1. The number of halogens is 3. The Bertz CT molecular complexity index is 593. The zero-order valence-electron chi connectivity index (χ0n) is 10.8. The van der Waals surface area contributed by atoms with Crippen LogP contribution in [0, 0.1) is 0 Å². The SMILES string of the molecule is Cn1ccnc1COc1ccc(CN)cc1C(F)(F)F. The maximum absolute atomic E-state index is 13.0. The van der Waals surface area contributed by atoms with Gasteiger partial charge in [-0.2, -0.15) is 13.2 Å². The molecule has 0 bridgehead atoms. The van der Waals surface area contributed by atoms with Crippen LogP contribution in [0.4, 0.5) is 13.2 Å². The summed E-state index contributed by atoms with van der Waals surface area (Å²) in [4.78, 5) is 3.99. The van der Waals surface area contributed by atoms with E-state index in [0.717, 1.165) is 6.07 Å². The highest BCUT2D eigenvalue weighted by molar-refractivity contribution is 5.39. The van der Waals surface area contributed by atoms with Gasteiger partial charge in [-0.1, -0.05) is 6.07 Å². The predicted octanol–water partition coefficient (Wildman–Crippen LogP) is 2.48. The van der Waals surface area contributed by atoms with Gasteiger partial charge in [-0.05, 0) is 17.7 Å². The smallest absolute Gasteiger partial charge is 0.419 e. The van der Waals surface area contributed by atoms with E-state index in [0.29, 0.717) is 11.4 Å². The van der Waals surface area contributed by atoms with Gasteiger partial charge in [-0.25, -0.2) is 4.98 Å². The van der Waals surface area contributed by atoms with Crippen molar-refractivity contribution in [2.45, 2.75) is 19.3 Å². The Morgan fingerprint density at radius 3 is 2.65 bits per heavy atom. The summed E-state index contributed by atoms with van der Waals surface area (Å²) >= 11 is 0. The number of hydrogen-bond acceptors (Lipinski definition) is 3. The summed E-state index contributed by atoms with van der Waals surface area (Å²) in [6, 6.07) is 3.81. The van der Waals surface area contributed by atoms with Gasteiger partial charge >= 0.3 is 6.18 Å². The van der Waals surface area contributed by atoms with Crippen molar-refractivity contribution in [1.82, 2.24) is 9.55 Å². The Hall–Kier alpha value is -2.02. The lowest BCUT2D eigenvalue weighted by molar-refractivity contribution is -0.139. The van der Waals surface area contributed by atoms with Gasteiger partial charge < -0.3 is 15.0 Å². The molecule has 7 heteroatoms. The lowest BCUT2D eigenvalue weighted by atomic mass is 10.1. The van der Waals surface area contributed by atoms with E-state index in [1.807, 2.05) is 0 Å². The highest BCUT2D eigenvalue weighted by Crippen LogP contribution is 2.37. The van der Waals surface area contributed by atoms with E-state index in [1.54, 1.807) is 24.0 Å². The summed E-state index contributed by atoms with van der Waals surface area (Å²) in [5, 5.41) is 0. The Morgan fingerprint density at radius 1 is 1.35 bits per heavy atom. The van der Waals surface area contributed by atoms with Crippen molar-refractivity contribution in [2.75, 3.05) is 0 Å². The maximum Gasteiger partial charge on any atom is 0.419 e. The summed E-state index contributed by atoms with van der Waals surface area (Å²) in [6.07, 6.45) is -1.23. The number of aromatic nitrogens is 2. The van der Waals surface area contributed by atoms with Crippen molar-refractivity contribution in [3.8, 4) is 5.75 Å². The predicted molar refractivity (Wildman–Crippen MR) is 66.9 cm³/mol. The zero-order chi connectivity index (χ0) is 14.8. The third-order valence-electron chi connectivity index (χ3n) is 2.86. The Labute approximate surface area is 114 Å². The largest absolute Gasteiger partial charge is 0.485 e. The molecule has 4 nitrogen and oxygen atoms in total. The normalized spacial score (nSPS) is 11.7. The number of rotatable bonds is 4. The van der Waals surface area contributed by atoms with E-state index >= 15 is 0 Å². The third kappa shape index (κ3) is 3.11. The molecular weight excluding hydrogens is 271 g/mol. The molecule has 0 fully saturated rings. The Balaban J connectivity index is 2.25. The van der Waals surface area contributed by atoms with Gasteiger partial charge in [0.1, 0.15) is 18.2 Å². The highest BCUT2D eigenvalue weighted by Gasteiger charge is 2.34. The van der Waals surface area contributed by atoms with Crippen LogP contribution >= 0.6 is 0 Å². The van der Waals surface area contributed by atoms with E-state index in [1.165, 1.54) is 12.1 Å². The summed E-state index contributed by atoms with van der Waals surface area (Å²) < 4.78 is 45.8. The van der Waals surface area contributed by atoms with E-state index in [2.05, 4.69) is 4.98 Å². The van der Waals surface area contributed by atoms with E-state index in [4.69, 9.17) is 10.5 Å². The number of alkyl halides is 3. The van der Waals surface area contributed by atoms with Gasteiger partial charge in [-0.3, -0.25) is 0 Å². The zero-order valence-corrected chi connectivity index (χ0v) is 10.8. The van der Waals surface area contributed by atoms with Crippen LogP contribution in [-0.2, 0) is 26.4 Å². The lowest BCUT2D eigenvalue weighted by Gasteiger charge is -2.15. The van der Waals surface area contributed by atoms with E-state index in [9.17, 15) is 13.2 Å². The molecule has 0 aliphatic rings. The first-order valence-electron chi connectivity index (χ1n) is 5.91. The molecule has 0 saturated carbocycles. The number of benzene rings is 1. The van der Waals surface area contributed by atoms with Crippen LogP contribution < -0.4 is 10.5 Å². The minimum Gasteiger partial charge on any atom is -0.485 e. The Kier molecular flexibility index (Phi) is 3.99. The van der Waals surface area contributed by atoms with Crippen LogP contribution in [0.15, 0.2) is 30.6 Å². The molecule has 0 aliphatic carbocycles. The van der Waals surface area contributed by atoms with Gasteiger partial charge in [0, 0.05) is 26.0 Å². The summed E-state index contributed by atoms with van der Waals surface area (Å²) in [5.41, 5.74) is 4.94. The van der Waals surface area contributed by atoms with E-state index in [-0.39, 0.29) is 18.9 Å². The van der Waals surface area contributed by atoms with Gasteiger partial charge in [-0.15, -0.1) is 0 Å². The van der Waals surface area contributed by atoms with Crippen molar-refractivity contribution < 1.29 is 17.9 Å². The average Bonchev–Trinajstić information content (AvgIpc) is 2.80. The first kappa shape index (κ1) is 14.4. The summed E-state index contributed by atoms with van der Waals surface area (Å²) in [6.45, 7) is 0.0112. The second-order valence-electron chi connectivity index (χ2n) is 4.28. The van der Waals surface area contributed by atoms with Crippen molar-refractivity contribution in [3.63, 3.8) is 0 Å². The Morgan fingerprint density at radius 2 is 2.10 bits per heavy atom. The number of aryl methyl sites for hydroxylation is 1. The number of hydrogen-bond donors (Lipinski definition) is 1. The molecule has 2 rings (SSSR count). The molecule has 20 heavy (non-hydrogen) atoms. The minimum absolute atomic E-state index is 0.0332. The quantitative estimate of drug-likeness (QED) is 0.939. The molecular formula is C13H14F3N3O. The van der Waals surface area contributed by atoms with Crippen molar-refractivity contribution in [2.24, 2.45) is 12.8 Å². The number of nitrogens with zero attached hydrogens (tertiary/aromatic N) is 2. The molecule has 0 amide bonds. The first-order chi connectivity index (χ1) is 9.41. The molecule has 1 heterocycles. The van der Waals surface area contributed by atoms with Gasteiger partial charge in [0.25, 0.3) is 0 Å². The van der Waals surface area contributed by atoms with Crippen LogP contribution in [-0.4, -0.2) is 9.55 Å². The standard InChI is InChI=1S/C13H14F3N3O/c1-19-5-4-18-12(19)8-20-11-3-2-9(7-17)6-10(11)13(14,15)16/h2-6H,7-8,17H2,1H3. The molecule has 0 radical (unpaired) electrons. The molecule has 1 aromatic carbocycles. The molecule has 0 atom stereocenters. The molecule has 2 N–H and O–H groups in total. The van der Waals surface area contributed by atoms with Gasteiger partial charge in [0.2, 0.25) is 0 Å². The fraction of sp³-hybridized carbons (Fsp3) is 0.308. The molecule has 0 saturated heterocycles. The second-order valence-corrected chi connectivity index (χ2v) is 4.28. The number of imidazole rings is 1.